The summed E-state index contributed by atoms with van der Waals surface area (Å²) in [6.07, 6.45) is 2.30. The van der Waals surface area contributed by atoms with Crippen molar-refractivity contribution in [2.24, 2.45) is 0 Å². The fourth-order valence-corrected chi connectivity index (χ4v) is 3.48. The van der Waals surface area contributed by atoms with E-state index >= 15 is 0 Å². The number of nitrogens with one attached hydrogen (secondary N) is 1. The number of anilines is 1. The highest BCUT2D eigenvalue weighted by Gasteiger charge is 2.22. The number of benzene rings is 2. The van der Waals surface area contributed by atoms with Crippen LogP contribution in [0, 0.1) is 12.7 Å². The molecule has 3 rings (SSSR count). The molecule has 0 saturated carbocycles. The van der Waals surface area contributed by atoms with Crippen LogP contribution in [0.4, 0.5) is 10.1 Å². The van der Waals surface area contributed by atoms with E-state index in [0.29, 0.717) is 43.9 Å². The first-order valence-electron chi connectivity index (χ1n) is 10.1. The average Bonchev–Trinajstić information content (AvgIpc) is 2.72. The van der Waals surface area contributed by atoms with Crippen molar-refractivity contribution in [2.75, 3.05) is 38.0 Å². The summed E-state index contributed by atoms with van der Waals surface area (Å²) in [4.78, 5) is 28.5. The number of piperazine rings is 1. The predicted molar refractivity (Wildman–Crippen MR) is 112 cm³/mol. The molecule has 2 aromatic carbocycles. The molecule has 154 valence electrons. The van der Waals surface area contributed by atoms with Crippen LogP contribution in [0.5, 0.6) is 0 Å². The zero-order valence-corrected chi connectivity index (χ0v) is 16.9. The van der Waals surface area contributed by atoms with Crippen LogP contribution in [0.3, 0.4) is 0 Å². The Balaban J connectivity index is 1.36. The first-order chi connectivity index (χ1) is 14.0. The predicted octanol–water partition coefficient (Wildman–Crippen LogP) is 3.24. The molecule has 6 heteroatoms. The minimum Gasteiger partial charge on any atom is -0.340 e. The molecule has 1 saturated heterocycles. The van der Waals surface area contributed by atoms with E-state index < -0.39 is 0 Å². The van der Waals surface area contributed by atoms with Crippen LogP contribution in [-0.4, -0.2) is 54.3 Å². The maximum absolute atomic E-state index is 13.6. The fourth-order valence-electron chi connectivity index (χ4n) is 3.48. The Hall–Kier alpha value is -2.73. The maximum atomic E-state index is 13.6. The molecule has 0 atom stereocenters. The summed E-state index contributed by atoms with van der Waals surface area (Å²) < 4.78 is 13.6. The molecule has 0 unspecified atom stereocenters. The van der Waals surface area contributed by atoms with E-state index in [4.69, 9.17) is 0 Å². The van der Waals surface area contributed by atoms with Crippen LogP contribution in [-0.2, 0) is 16.0 Å². The molecule has 0 radical (unpaired) electrons. The number of aryl methyl sites for hydroxylation is 2. The molecule has 0 aromatic heterocycles. The van der Waals surface area contributed by atoms with Gasteiger partial charge in [-0.2, -0.15) is 0 Å². The topological polar surface area (TPSA) is 52.7 Å². The second-order valence-electron chi connectivity index (χ2n) is 7.51. The lowest BCUT2D eigenvalue weighted by Crippen LogP contribution is -2.50. The van der Waals surface area contributed by atoms with E-state index in [9.17, 15) is 14.0 Å². The third kappa shape index (κ3) is 6.39. The van der Waals surface area contributed by atoms with E-state index in [1.807, 2.05) is 28.0 Å². The van der Waals surface area contributed by atoms with Crippen molar-refractivity contribution in [3.8, 4) is 0 Å². The van der Waals surface area contributed by atoms with E-state index in [-0.39, 0.29) is 24.2 Å². The number of hydrogen-bond acceptors (Lipinski definition) is 3. The fraction of sp³-hybridized carbons (Fsp3) is 0.391. The molecular formula is C23H28FN3O2. The summed E-state index contributed by atoms with van der Waals surface area (Å²) in [7, 11) is 0. The minimum absolute atomic E-state index is 0.170. The van der Waals surface area contributed by atoms with Crippen molar-refractivity contribution in [1.82, 2.24) is 9.80 Å². The number of rotatable bonds is 7. The van der Waals surface area contributed by atoms with Gasteiger partial charge < -0.3 is 10.2 Å². The summed E-state index contributed by atoms with van der Waals surface area (Å²) in [6.45, 7) is 4.53. The molecule has 0 bridgehead atoms. The number of carbonyl (C=O) groups is 2. The molecule has 1 heterocycles. The molecule has 29 heavy (non-hydrogen) atoms. The largest absolute Gasteiger partial charge is 0.340 e. The summed E-state index contributed by atoms with van der Waals surface area (Å²) >= 11 is 0. The summed E-state index contributed by atoms with van der Waals surface area (Å²) in [5, 5.41) is 2.73. The highest BCUT2D eigenvalue weighted by Crippen LogP contribution is 2.14. The Kier molecular flexibility index (Phi) is 7.36. The summed E-state index contributed by atoms with van der Waals surface area (Å²) in [5.74, 6) is -0.321. The van der Waals surface area contributed by atoms with Gasteiger partial charge in [-0.05, 0) is 43.0 Å². The van der Waals surface area contributed by atoms with Gasteiger partial charge in [0.05, 0.1) is 6.54 Å². The van der Waals surface area contributed by atoms with Gasteiger partial charge in [0.1, 0.15) is 5.82 Å². The zero-order valence-electron chi connectivity index (χ0n) is 16.9. The van der Waals surface area contributed by atoms with E-state index in [2.05, 4.69) is 17.4 Å². The van der Waals surface area contributed by atoms with Crippen molar-refractivity contribution in [2.45, 2.75) is 26.2 Å². The molecule has 2 aromatic rings. The Bertz CT molecular complexity index is 833. The third-order valence-corrected chi connectivity index (χ3v) is 5.25. The van der Waals surface area contributed by atoms with Gasteiger partial charge in [-0.25, -0.2) is 4.39 Å². The molecule has 0 spiro atoms. The van der Waals surface area contributed by atoms with Gasteiger partial charge in [0.2, 0.25) is 11.8 Å². The quantitative estimate of drug-likeness (QED) is 0.780. The Morgan fingerprint density at radius 1 is 1.03 bits per heavy atom. The van der Waals surface area contributed by atoms with Crippen LogP contribution in [0.15, 0.2) is 48.5 Å². The van der Waals surface area contributed by atoms with Crippen LogP contribution in [0.25, 0.3) is 0 Å². The van der Waals surface area contributed by atoms with Gasteiger partial charge in [-0.1, -0.05) is 36.4 Å². The summed E-state index contributed by atoms with van der Waals surface area (Å²) in [6, 6.07) is 14.9. The second-order valence-corrected chi connectivity index (χ2v) is 7.51. The number of carbonyl (C=O) groups excluding carboxylic acids is 2. The van der Waals surface area contributed by atoms with Crippen molar-refractivity contribution < 1.29 is 14.0 Å². The van der Waals surface area contributed by atoms with Gasteiger partial charge in [0.15, 0.2) is 0 Å². The lowest BCUT2D eigenvalue weighted by atomic mass is 10.1. The number of nitrogens with zero attached hydrogens (tertiary/aromatic N) is 2. The van der Waals surface area contributed by atoms with Crippen LogP contribution < -0.4 is 5.32 Å². The van der Waals surface area contributed by atoms with Gasteiger partial charge in [-0.3, -0.25) is 14.5 Å². The van der Waals surface area contributed by atoms with Gasteiger partial charge in [-0.15, -0.1) is 0 Å². The highest BCUT2D eigenvalue weighted by molar-refractivity contribution is 5.92. The normalized spacial score (nSPS) is 14.6. The lowest BCUT2D eigenvalue weighted by Gasteiger charge is -2.34. The standard InChI is InChI=1S/C23H28FN3O2/c1-18-10-11-20(16-21(18)24)25-22(28)17-26-12-14-27(15-13-26)23(29)9-5-8-19-6-3-2-4-7-19/h2-4,6-7,10-11,16H,5,8-9,12-15,17H2,1H3,(H,25,28). The van der Waals surface area contributed by atoms with Crippen LogP contribution >= 0.6 is 0 Å². The molecule has 2 amide bonds. The Morgan fingerprint density at radius 3 is 2.45 bits per heavy atom. The first-order valence-corrected chi connectivity index (χ1v) is 10.1. The van der Waals surface area contributed by atoms with Crippen molar-refractivity contribution in [3.05, 3.63) is 65.5 Å². The number of hydrogen-bond donors (Lipinski definition) is 1. The van der Waals surface area contributed by atoms with E-state index in [0.717, 1.165) is 12.8 Å². The van der Waals surface area contributed by atoms with E-state index in [1.165, 1.54) is 11.6 Å². The molecule has 1 aliphatic heterocycles. The zero-order chi connectivity index (χ0) is 20.6. The number of halogens is 1. The smallest absolute Gasteiger partial charge is 0.238 e. The molecule has 1 fully saturated rings. The summed E-state index contributed by atoms with van der Waals surface area (Å²) in [5.41, 5.74) is 2.27. The van der Waals surface area contributed by atoms with Gasteiger partial charge >= 0.3 is 0 Å². The Labute approximate surface area is 171 Å². The monoisotopic (exact) mass is 397 g/mol. The van der Waals surface area contributed by atoms with Gasteiger partial charge in [0, 0.05) is 38.3 Å². The number of amides is 2. The van der Waals surface area contributed by atoms with Crippen molar-refractivity contribution in [1.29, 1.82) is 0 Å². The minimum atomic E-state index is -0.331. The SMILES string of the molecule is Cc1ccc(NC(=O)CN2CCN(C(=O)CCCc3ccccc3)CC2)cc1F. The maximum Gasteiger partial charge on any atom is 0.238 e. The second kappa shape index (κ2) is 10.2. The first kappa shape index (κ1) is 21.0. The van der Waals surface area contributed by atoms with Crippen LogP contribution in [0.1, 0.15) is 24.0 Å². The van der Waals surface area contributed by atoms with Gasteiger partial charge in [0.25, 0.3) is 0 Å². The highest BCUT2D eigenvalue weighted by atomic mass is 19.1. The van der Waals surface area contributed by atoms with Crippen molar-refractivity contribution in [3.63, 3.8) is 0 Å². The third-order valence-electron chi connectivity index (χ3n) is 5.25. The average molecular weight is 397 g/mol. The van der Waals surface area contributed by atoms with Crippen molar-refractivity contribution >= 4 is 17.5 Å². The van der Waals surface area contributed by atoms with Crippen LogP contribution in [0.2, 0.25) is 0 Å². The molecule has 1 aliphatic rings. The van der Waals surface area contributed by atoms with E-state index in [1.54, 1.807) is 19.1 Å². The molecule has 0 aliphatic carbocycles. The lowest BCUT2D eigenvalue weighted by molar-refractivity contribution is -0.133. The Morgan fingerprint density at radius 2 is 1.76 bits per heavy atom. The molecule has 5 nitrogen and oxygen atoms in total. The molecule has 1 N–H and O–H groups in total. The molecular weight excluding hydrogens is 369 g/mol.